The molecule has 0 bridgehead atoms. The number of carbonyl (C=O) groups is 1. The maximum atomic E-state index is 12.0. The molecule has 1 fully saturated rings. The molecule has 0 spiro atoms. The molecule has 2 aromatic rings. The number of hydrogen-bond acceptors (Lipinski definition) is 2. The molecule has 4 nitrogen and oxygen atoms in total. The summed E-state index contributed by atoms with van der Waals surface area (Å²) >= 11 is 6.05. The lowest BCUT2D eigenvalue weighted by molar-refractivity contribution is 0.251. The number of benzene rings is 2. The van der Waals surface area contributed by atoms with Crippen molar-refractivity contribution in [1.82, 2.24) is 10.6 Å². The fourth-order valence-corrected chi connectivity index (χ4v) is 3.17. The van der Waals surface area contributed by atoms with E-state index in [1.54, 1.807) is 0 Å². The molecular weight excluding hydrogens is 357 g/mol. The van der Waals surface area contributed by atoms with Gasteiger partial charge in [0.05, 0.1) is 0 Å². The van der Waals surface area contributed by atoms with Crippen molar-refractivity contribution in [2.45, 2.75) is 25.3 Å². The van der Waals surface area contributed by atoms with E-state index < -0.39 is 0 Å². The highest BCUT2D eigenvalue weighted by Gasteiger charge is 2.13. The van der Waals surface area contributed by atoms with E-state index >= 15 is 0 Å². The Morgan fingerprint density at radius 3 is 2.64 bits per heavy atom. The lowest BCUT2D eigenvalue weighted by Crippen LogP contribution is -2.33. The second-order valence-electron chi connectivity index (χ2n) is 6.05. The van der Waals surface area contributed by atoms with Crippen LogP contribution in [-0.4, -0.2) is 25.2 Å². The van der Waals surface area contributed by atoms with Gasteiger partial charge in [0.2, 0.25) is 0 Å². The van der Waals surface area contributed by atoms with Gasteiger partial charge in [-0.2, -0.15) is 0 Å². The molecule has 2 aromatic carbocycles. The van der Waals surface area contributed by atoms with E-state index in [0.717, 1.165) is 29.8 Å². The Bertz CT molecular complexity index is 703. The molecule has 1 heterocycles. The first-order valence-corrected chi connectivity index (χ1v) is 8.73. The maximum Gasteiger partial charge on any atom is 0.319 e. The average Bonchev–Trinajstić information content (AvgIpc) is 3.08. The van der Waals surface area contributed by atoms with Crippen LogP contribution >= 0.6 is 24.0 Å². The zero-order chi connectivity index (χ0) is 16.8. The minimum atomic E-state index is -0.170. The van der Waals surface area contributed by atoms with Gasteiger partial charge in [-0.15, -0.1) is 12.4 Å². The van der Waals surface area contributed by atoms with Crippen LogP contribution < -0.4 is 16.0 Å². The summed E-state index contributed by atoms with van der Waals surface area (Å²) in [7, 11) is 0. The van der Waals surface area contributed by atoms with Crippen molar-refractivity contribution < 1.29 is 4.79 Å². The lowest BCUT2D eigenvalue weighted by Gasteiger charge is -2.12. The third-order valence-electron chi connectivity index (χ3n) is 4.22. The summed E-state index contributed by atoms with van der Waals surface area (Å²) in [4.78, 5) is 12.0. The van der Waals surface area contributed by atoms with Crippen LogP contribution in [0.1, 0.15) is 19.3 Å². The van der Waals surface area contributed by atoms with Crippen LogP contribution in [0, 0.1) is 0 Å². The number of amides is 2. The summed E-state index contributed by atoms with van der Waals surface area (Å²) in [6, 6.07) is 15.8. The van der Waals surface area contributed by atoms with E-state index in [0.29, 0.717) is 17.6 Å². The van der Waals surface area contributed by atoms with Gasteiger partial charge < -0.3 is 16.0 Å². The summed E-state index contributed by atoms with van der Waals surface area (Å²) < 4.78 is 0. The Labute approximate surface area is 159 Å². The van der Waals surface area contributed by atoms with Gasteiger partial charge in [0.25, 0.3) is 0 Å². The minimum Gasteiger partial charge on any atom is -0.338 e. The summed E-state index contributed by atoms with van der Waals surface area (Å²) in [5, 5.41) is 9.93. The van der Waals surface area contributed by atoms with E-state index in [1.165, 1.54) is 12.8 Å². The van der Waals surface area contributed by atoms with Crippen LogP contribution in [0.2, 0.25) is 5.02 Å². The van der Waals surface area contributed by atoms with Gasteiger partial charge in [0.1, 0.15) is 0 Å². The van der Waals surface area contributed by atoms with Gasteiger partial charge in [-0.1, -0.05) is 35.9 Å². The van der Waals surface area contributed by atoms with Crippen LogP contribution in [0.15, 0.2) is 48.5 Å². The second kappa shape index (κ2) is 9.66. The third kappa shape index (κ3) is 5.92. The quantitative estimate of drug-likeness (QED) is 0.705. The van der Waals surface area contributed by atoms with Crippen molar-refractivity contribution in [1.29, 1.82) is 0 Å². The number of carbonyl (C=O) groups excluding carboxylic acids is 1. The van der Waals surface area contributed by atoms with E-state index in [9.17, 15) is 4.79 Å². The van der Waals surface area contributed by atoms with Gasteiger partial charge in [-0.3, -0.25) is 0 Å². The van der Waals surface area contributed by atoms with E-state index in [4.69, 9.17) is 11.6 Å². The standard InChI is InChI=1S/C19H22ClN3O.ClH/c20-16-6-1-4-14(12-16)15-5-2-7-18(13-15)23-19(24)22-11-9-17-8-3-10-21-17;/h1-2,4-7,12-13,17,21H,3,8-11H2,(H2,22,23,24);1H/t17-;/m0./s1. The van der Waals surface area contributed by atoms with Crippen LogP contribution in [0.5, 0.6) is 0 Å². The van der Waals surface area contributed by atoms with E-state index in [1.807, 2.05) is 48.5 Å². The Kier molecular flexibility index (Phi) is 7.56. The molecule has 25 heavy (non-hydrogen) atoms. The molecular formula is C19H23Cl2N3O. The number of nitrogens with one attached hydrogen (secondary N) is 3. The Hall–Kier alpha value is -1.75. The largest absolute Gasteiger partial charge is 0.338 e. The highest BCUT2D eigenvalue weighted by molar-refractivity contribution is 6.30. The molecule has 1 saturated heterocycles. The number of anilines is 1. The smallest absolute Gasteiger partial charge is 0.319 e. The number of urea groups is 1. The first-order valence-electron chi connectivity index (χ1n) is 8.35. The Morgan fingerprint density at radius 1 is 1.16 bits per heavy atom. The van der Waals surface area contributed by atoms with Gasteiger partial charge in [-0.25, -0.2) is 4.79 Å². The summed E-state index contributed by atoms with van der Waals surface area (Å²) in [6.45, 7) is 1.77. The number of halogens is 2. The monoisotopic (exact) mass is 379 g/mol. The van der Waals surface area contributed by atoms with Crippen molar-refractivity contribution in [3.63, 3.8) is 0 Å². The first-order chi connectivity index (χ1) is 11.7. The second-order valence-corrected chi connectivity index (χ2v) is 6.49. The normalized spacial score (nSPS) is 16.1. The van der Waals surface area contributed by atoms with Crippen molar-refractivity contribution in [3.8, 4) is 11.1 Å². The molecule has 134 valence electrons. The van der Waals surface area contributed by atoms with Crippen molar-refractivity contribution in [3.05, 3.63) is 53.6 Å². The van der Waals surface area contributed by atoms with Crippen LogP contribution in [-0.2, 0) is 0 Å². The summed E-state index contributed by atoms with van der Waals surface area (Å²) in [5.74, 6) is 0. The molecule has 1 aliphatic rings. The molecule has 6 heteroatoms. The summed E-state index contributed by atoms with van der Waals surface area (Å²) in [6.07, 6.45) is 3.40. The average molecular weight is 380 g/mol. The summed E-state index contributed by atoms with van der Waals surface area (Å²) in [5.41, 5.74) is 2.81. The molecule has 3 N–H and O–H groups in total. The van der Waals surface area contributed by atoms with Crippen molar-refractivity contribution in [2.75, 3.05) is 18.4 Å². The molecule has 0 aliphatic carbocycles. The number of rotatable bonds is 5. The minimum absolute atomic E-state index is 0. The molecule has 0 unspecified atom stereocenters. The fourth-order valence-electron chi connectivity index (χ4n) is 2.98. The molecule has 3 rings (SSSR count). The molecule has 0 saturated carbocycles. The lowest BCUT2D eigenvalue weighted by atomic mass is 10.1. The predicted molar refractivity (Wildman–Crippen MR) is 107 cm³/mol. The molecule has 2 amide bonds. The molecule has 0 aromatic heterocycles. The van der Waals surface area contributed by atoms with E-state index in [2.05, 4.69) is 16.0 Å². The Morgan fingerprint density at radius 2 is 1.92 bits per heavy atom. The molecule has 0 radical (unpaired) electrons. The maximum absolute atomic E-state index is 12.0. The Balaban J connectivity index is 0.00000225. The topological polar surface area (TPSA) is 53.2 Å². The highest BCUT2D eigenvalue weighted by Crippen LogP contribution is 2.25. The van der Waals surface area contributed by atoms with E-state index in [-0.39, 0.29) is 18.4 Å². The zero-order valence-electron chi connectivity index (χ0n) is 13.9. The predicted octanol–water partition coefficient (Wildman–Crippen LogP) is 4.69. The van der Waals surface area contributed by atoms with Crippen molar-refractivity contribution >= 4 is 35.7 Å². The molecule has 1 aliphatic heterocycles. The van der Waals surface area contributed by atoms with Gasteiger partial charge in [0, 0.05) is 23.3 Å². The fraction of sp³-hybridized carbons (Fsp3) is 0.316. The zero-order valence-corrected chi connectivity index (χ0v) is 15.5. The third-order valence-corrected chi connectivity index (χ3v) is 4.45. The van der Waals surface area contributed by atoms with Crippen LogP contribution in [0.4, 0.5) is 10.5 Å². The van der Waals surface area contributed by atoms with Crippen LogP contribution in [0.25, 0.3) is 11.1 Å². The van der Waals surface area contributed by atoms with Gasteiger partial charge in [-0.05, 0) is 61.2 Å². The van der Waals surface area contributed by atoms with Crippen LogP contribution in [0.3, 0.4) is 0 Å². The number of hydrogen-bond donors (Lipinski definition) is 3. The SMILES string of the molecule is Cl.O=C(NCC[C@@H]1CCCN1)Nc1cccc(-c2cccc(Cl)c2)c1. The highest BCUT2D eigenvalue weighted by atomic mass is 35.5. The van der Waals surface area contributed by atoms with Gasteiger partial charge >= 0.3 is 6.03 Å². The van der Waals surface area contributed by atoms with Gasteiger partial charge in [0.15, 0.2) is 0 Å². The first kappa shape index (κ1) is 19.6. The molecule has 1 atom stereocenters. The van der Waals surface area contributed by atoms with Crippen molar-refractivity contribution in [2.24, 2.45) is 0 Å².